The molecular weight excluding hydrogens is 730 g/mol. The molecule has 0 unspecified atom stereocenters. The number of esters is 1. The van der Waals surface area contributed by atoms with Gasteiger partial charge in [-0.25, -0.2) is 4.79 Å². The van der Waals surface area contributed by atoms with Gasteiger partial charge in [-0.3, -0.25) is 28.8 Å². The minimum Gasteiger partial charge on any atom is -0.461 e. The quantitative estimate of drug-likeness (QED) is 0.0522. The van der Waals surface area contributed by atoms with Gasteiger partial charge in [-0.2, -0.15) is 0 Å². The molecule has 0 aliphatic rings. The molecule has 1 aromatic carbocycles. The third-order valence-electron chi connectivity index (χ3n) is 8.24. The van der Waals surface area contributed by atoms with Crippen LogP contribution >= 0.6 is 0 Å². The van der Waals surface area contributed by atoms with Crippen LogP contribution in [-0.4, -0.2) is 113 Å². The van der Waals surface area contributed by atoms with Gasteiger partial charge in [0.05, 0.1) is 58.9 Å². The van der Waals surface area contributed by atoms with Gasteiger partial charge < -0.3 is 50.7 Å². The number of amides is 5. The molecule has 5 amide bonds. The van der Waals surface area contributed by atoms with Gasteiger partial charge in [0, 0.05) is 63.2 Å². The van der Waals surface area contributed by atoms with Crippen molar-refractivity contribution in [2.75, 3.05) is 71.3 Å². The Balaban J connectivity index is 2.35. The Morgan fingerprint density at radius 2 is 1.27 bits per heavy atom. The maximum absolute atomic E-state index is 13.5. The van der Waals surface area contributed by atoms with Gasteiger partial charge in [0.15, 0.2) is 5.78 Å². The van der Waals surface area contributed by atoms with Crippen LogP contribution in [0.4, 0.5) is 10.5 Å². The summed E-state index contributed by atoms with van der Waals surface area (Å²) in [5.41, 5.74) is 6.39. The number of hydrogen-bond acceptors (Lipinski definition) is 12. The SMILES string of the molecule is CC(=O)OCc1ccc(NC(=O)[C@H](CCCNC(N)=O)CC(=O)[C@@H](NC(=O)CCOCCOCCOCCOCCNC(=O)CCC(=O)C(C)C)C(C)C)cc1. The van der Waals surface area contributed by atoms with Crippen LogP contribution in [0, 0.1) is 17.8 Å². The first kappa shape index (κ1) is 49.6. The minimum absolute atomic E-state index is 0.0251. The first-order valence-electron chi connectivity index (χ1n) is 19.2. The lowest BCUT2D eigenvalue weighted by molar-refractivity contribution is -0.142. The topological polar surface area (TPSA) is 240 Å². The van der Waals surface area contributed by atoms with Crippen molar-refractivity contribution >= 4 is 47.0 Å². The zero-order chi connectivity index (χ0) is 41.7. The van der Waals surface area contributed by atoms with Gasteiger partial charge >= 0.3 is 12.0 Å². The van der Waals surface area contributed by atoms with E-state index in [4.69, 9.17) is 29.4 Å². The summed E-state index contributed by atoms with van der Waals surface area (Å²) in [6.07, 6.45) is 0.984. The number of ether oxygens (including phenoxy) is 5. The van der Waals surface area contributed by atoms with Crippen LogP contribution in [0.3, 0.4) is 0 Å². The highest BCUT2D eigenvalue weighted by molar-refractivity contribution is 5.97. The normalized spacial score (nSPS) is 12.1. The summed E-state index contributed by atoms with van der Waals surface area (Å²) >= 11 is 0. The second-order valence-electron chi connectivity index (χ2n) is 13.7. The van der Waals surface area contributed by atoms with E-state index in [1.807, 2.05) is 13.8 Å². The number of carbonyl (C=O) groups is 7. The summed E-state index contributed by atoms with van der Waals surface area (Å²) in [7, 11) is 0. The molecule has 6 N–H and O–H groups in total. The van der Waals surface area contributed by atoms with Gasteiger partial charge in [0.1, 0.15) is 12.4 Å². The van der Waals surface area contributed by atoms with E-state index >= 15 is 0 Å². The molecule has 0 radical (unpaired) electrons. The number of nitrogens with two attached hydrogens (primary N) is 1. The lowest BCUT2D eigenvalue weighted by Gasteiger charge is -2.24. The predicted molar refractivity (Wildman–Crippen MR) is 207 cm³/mol. The van der Waals surface area contributed by atoms with Gasteiger partial charge in [-0.15, -0.1) is 0 Å². The molecule has 2 atom stereocenters. The molecule has 17 nitrogen and oxygen atoms in total. The zero-order valence-electron chi connectivity index (χ0n) is 33.6. The molecule has 17 heteroatoms. The molecule has 1 aromatic rings. The van der Waals surface area contributed by atoms with Crippen LogP contribution in [0.1, 0.15) is 78.7 Å². The molecule has 0 heterocycles. The maximum Gasteiger partial charge on any atom is 0.312 e. The monoisotopic (exact) mass is 793 g/mol. The fraction of sp³-hybridized carbons (Fsp3) is 0.667. The number of anilines is 1. The Morgan fingerprint density at radius 3 is 1.82 bits per heavy atom. The minimum atomic E-state index is -0.825. The summed E-state index contributed by atoms with van der Waals surface area (Å²) in [5, 5.41) is 10.8. The summed E-state index contributed by atoms with van der Waals surface area (Å²) in [6.45, 7) is 11.7. The molecule has 0 saturated carbocycles. The summed E-state index contributed by atoms with van der Waals surface area (Å²) in [6, 6.07) is 5.24. The average molecular weight is 794 g/mol. The van der Waals surface area contributed by atoms with Gasteiger partial charge in [0.25, 0.3) is 0 Å². The van der Waals surface area contributed by atoms with Gasteiger partial charge in [-0.1, -0.05) is 39.8 Å². The number of Topliss-reactive ketones (excluding diaryl/α,β-unsaturated/α-hetero) is 2. The zero-order valence-corrected chi connectivity index (χ0v) is 33.6. The van der Waals surface area contributed by atoms with E-state index in [0.717, 1.165) is 5.56 Å². The number of carbonyl (C=O) groups excluding carboxylic acids is 7. The summed E-state index contributed by atoms with van der Waals surface area (Å²) in [5.74, 6) is -2.64. The second kappa shape index (κ2) is 29.8. The van der Waals surface area contributed by atoms with E-state index in [0.29, 0.717) is 58.3 Å². The molecule has 0 spiro atoms. The van der Waals surface area contributed by atoms with Crippen molar-refractivity contribution < 1.29 is 57.2 Å². The molecule has 56 heavy (non-hydrogen) atoms. The van der Waals surface area contributed by atoms with E-state index in [-0.39, 0.29) is 93.7 Å². The van der Waals surface area contributed by atoms with Gasteiger partial charge in [0.2, 0.25) is 17.7 Å². The Hall–Kier alpha value is -4.45. The van der Waals surface area contributed by atoms with E-state index in [1.165, 1.54) is 6.92 Å². The fourth-order valence-electron chi connectivity index (χ4n) is 5.04. The Kier molecular flexibility index (Phi) is 26.4. The van der Waals surface area contributed by atoms with E-state index in [1.54, 1.807) is 38.1 Å². The van der Waals surface area contributed by atoms with E-state index in [2.05, 4.69) is 21.3 Å². The third-order valence-corrected chi connectivity index (χ3v) is 8.24. The Labute approximate surface area is 330 Å². The van der Waals surface area contributed by atoms with Crippen molar-refractivity contribution in [1.29, 1.82) is 0 Å². The van der Waals surface area contributed by atoms with Crippen LogP contribution < -0.4 is 27.0 Å². The summed E-state index contributed by atoms with van der Waals surface area (Å²) < 4.78 is 26.8. The molecular formula is C39H63N5O12. The number of urea groups is 1. The standard InChI is InChI=1S/C39H63N5O12/c1-27(2)33(46)12-13-35(48)41-16-18-53-20-22-55-24-23-54-21-19-52-17-14-36(49)44-37(28(3)4)34(47)25-31(7-6-15-42-39(40)51)38(50)43-32-10-8-30(9-11-32)26-56-29(5)45/h8-11,27-28,31,37H,6-7,12-26H2,1-5H3,(H,41,48)(H,43,50)(H,44,49)(H3,40,42,51)/t31-,37+/m1/s1. The average Bonchev–Trinajstić information content (AvgIpc) is 3.14. The predicted octanol–water partition coefficient (Wildman–Crippen LogP) is 2.43. The second-order valence-corrected chi connectivity index (χ2v) is 13.7. The number of rotatable bonds is 32. The van der Waals surface area contributed by atoms with Gasteiger partial charge in [-0.05, 0) is 36.5 Å². The van der Waals surface area contributed by atoms with Crippen molar-refractivity contribution in [2.45, 2.75) is 85.8 Å². The number of nitrogens with one attached hydrogen (secondary N) is 4. The highest BCUT2D eigenvalue weighted by atomic mass is 16.6. The third kappa shape index (κ3) is 24.9. The van der Waals surface area contributed by atoms with Crippen LogP contribution in [0.5, 0.6) is 0 Å². The first-order chi connectivity index (χ1) is 26.7. The molecule has 0 fully saturated rings. The number of benzene rings is 1. The molecule has 0 aromatic heterocycles. The van der Waals surface area contributed by atoms with Crippen molar-refractivity contribution in [2.24, 2.45) is 23.5 Å². The van der Waals surface area contributed by atoms with E-state index in [9.17, 15) is 33.6 Å². The summed E-state index contributed by atoms with van der Waals surface area (Å²) in [4.78, 5) is 85.0. The molecule has 0 bridgehead atoms. The van der Waals surface area contributed by atoms with Crippen LogP contribution in [0.25, 0.3) is 0 Å². The largest absolute Gasteiger partial charge is 0.461 e. The van der Waals surface area contributed by atoms with Crippen LogP contribution in [0.15, 0.2) is 24.3 Å². The molecule has 316 valence electrons. The molecule has 0 saturated heterocycles. The lowest BCUT2D eigenvalue weighted by atomic mass is 9.89. The fourth-order valence-corrected chi connectivity index (χ4v) is 5.04. The van der Waals surface area contributed by atoms with Crippen LogP contribution in [0.2, 0.25) is 0 Å². The molecule has 0 aliphatic carbocycles. The number of ketones is 2. The Morgan fingerprint density at radius 1 is 0.679 bits per heavy atom. The highest BCUT2D eigenvalue weighted by Gasteiger charge is 2.29. The lowest BCUT2D eigenvalue weighted by Crippen LogP contribution is -2.45. The number of hydrogen-bond donors (Lipinski definition) is 5. The first-order valence-corrected chi connectivity index (χ1v) is 19.2. The van der Waals surface area contributed by atoms with Crippen LogP contribution in [-0.2, 0) is 59.1 Å². The van der Waals surface area contributed by atoms with Crippen molar-refractivity contribution in [1.82, 2.24) is 16.0 Å². The highest BCUT2D eigenvalue weighted by Crippen LogP contribution is 2.19. The van der Waals surface area contributed by atoms with Crippen molar-refractivity contribution in [3.05, 3.63) is 29.8 Å². The molecule has 0 aliphatic heterocycles. The smallest absolute Gasteiger partial charge is 0.312 e. The van der Waals surface area contributed by atoms with Crippen molar-refractivity contribution in [3.8, 4) is 0 Å². The Bertz CT molecular complexity index is 1360. The maximum atomic E-state index is 13.5. The van der Waals surface area contributed by atoms with Crippen molar-refractivity contribution in [3.63, 3.8) is 0 Å². The molecule has 1 rings (SSSR count). The number of primary amides is 1. The van der Waals surface area contributed by atoms with E-state index < -0.39 is 29.9 Å².